The minimum Gasteiger partial charge on any atom is -0.310 e. The molecule has 2 aliphatic carbocycles. The number of amides is 1. The lowest BCUT2D eigenvalue weighted by atomic mass is 9.98. The van der Waals surface area contributed by atoms with Gasteiger partial charge in [-0.3, -0.25) is 10.1 Å². The van der Waals surface area contributed by atoms with Crippen LogP contribution < -0.4 is 5.32 Å². The van der Waals surface area contributed by atoms with E-state index in [-0.39, 0.29) is 24.7 Å². The van der Waals surface area contributed by atoms with Crippen LogP contribution in [0.2, 0.25) is 0 Å². The normalized spacial score (nSPS) is 36.5. The van der Waals surface area contributed by atoms with Crippen molar-refractivity contribution < 1.29 is 18.0 Å². The number of alkyl halides is 3. The van der Waals surface area contributed by atoms with Crippen LogP contribution in [0.1, 0.15) is 58.8 Å². The van der Waals surface area contributed by atoms with Crippen molar-refractivity contribution >= 4 is 5.91 Å². The van der Waals surface area contributed by atoms with Gasteiger partial charge in [0.15, 0.2) is 0 Å². The summed E-state index contributed by atoms with van der Waals surface area (Å²) in [7, 11) is 0. The van der Waals surface area contributed by atoms with Crippen LogP contribution in [0.5, 0.6) is 0 Å². The van der Waals surface area contributed by atoms with E-state index < -0.39 is 23.4 Å². The van der Waals surface area contributed by atoms with Crippen molar-refractivity contribution in [1.82, 2.24) is 10.2 Å². The molecule has 3 aliphatic rings. The van der Waals surface area contributed by atoms with Crippen LogP contribution in [0.4, 0.5) is 13.2 Å². The molecule has 1 saturated heterocycles. The summed E-state index contributed by atoms with van der Waals surface area (Å²) in [6.45, 7) is 3.59. The first kappa shape index (κ1) is 15.1. The molecule has 1 aliphatic heterocycles. The summed E-state index contributed by atoms with van der Waals surface area (Å²) in [4.78, 5) is 13.9. The van der Waals surface area contributed by atoms with Gasteiger partial charge < -0.3 is 4.90 Å². The van der Waals surface area contributed by atoms with Crippen LogP contribution in [0.3, 0.4) is 0 Å². The quantitative estimate of drug-likeness (QED) is 0.868. The van der Waals surface area contributed by atoms with E-state index in [0.29, 0.717) is 6.42 Å². The van der Waals surface area contributed by atoms with E-state index in [4.69, 9.17) is 0 Å². The van der Waals surface area contributed by atoms with Gasteiger partial charge in [-0.05, 0) is 44.9 Å². The maximum Gasteiger partial charge on any atom is 0.411 e. The molecular formula is C15H23F3N2O. The van der Waals surface area contributed by atoms with Crippen molar-refractivity contribution in [2.24, 2.45) is 5.92 Å². The molecule has 0 aromatic heterocycles. The standard InChI is InChI=1S/C15H23F3N2O/c1-3-13(2)12(21)20(14(8-9-14)15(16,17)18)11(19-13)10-6-4-5-7-10/h10-11,19H,3-9H2,1-2H3. The second kappa shape index (κ2) is 4.61. The monoisotopic (exact) mass is 304 g/mol. The Balaban J connectivity index is 1.96. The SMILES string of the molecule is CCC1(C)NC(C2CCCC2)N(C2(C(F)(F)F)CC2)C1=O. The van der Waals surface area contributed by atoms with Gasteiger partial charge in [-0.1, -0.05) is 19.8 Å². The summed E-state index contributed by atoms with van der Waals surface area (Å²) in [5.41, 5.74) is -2.76. The molecule has 3 rings (SSSR count). The van der Waals surface area contributed by atoms with E-state index in [1.807, 2.05) is 6.92 Å². The van der Waals surface area contributed by atoms with Crippen LogP contribution >= 0.6 is 0 Å². The number of carbonyl (C=O) groups excluding carboxylic acids is 1. The van der Waals surface area contributed by atoms with Gasteiger partial charge >= 0.3 is 6.18 Å². The zero-order valence-corrected chi connectivity index (χ0v) is 12.6. The van der Waals surface area contributed by atoms with Crippen LogP contribution in [0.25, 0.3) is 0 Å². The molecule has 0 radical (unpaired) electrons. The number of carbonyl (C=O) groups is 1. The Hall–Kier alpha value is -0.780. The number of rotatable bonds is 3. The Morgan fingerprint density at radius 3 is 2.29 bits per heavy atom. The molecular weight excluding hydrogens is 281 g/mol. The third-order valence-electron chi connectivity index (χ3n) is 5.70. The first-order valence-corrected chi connectivity index (χ1v) is 7.93. The molecule has 0 bridgehead atoms. The maximum atomic E-state index is 13.5. The highest BCUT2D eigenvalue weighted by atomic mass is 19.4. The molecule has 6 heteroatoms. The molecule has 2 unspecified atom stereocenters. The fourth-order valence-electron chi connectivity index (χ4n) is 3.94. The Bertz CT molecular complexity index is 441. The summed E-state index contributed by atoms with van der Waals surface area (Å²) in [5.74, 6) is -0.209. The average molecular weight is 304 g/mol. The Morgan fingerprint density at radius 1 is 1.29 bits per heavy atom. The van der Waals surface area contributed by atoms with Crippen molar-refractivity contribution in [3.05, 3.63) is 0 Å². The van der Waals surface area contributed by atoms with Gasteiger partial charge in [0.1, 0.15) is 5.54 Å². The van der Waals surface area contributed by atoms with E-state index in [0.717, 1.165) is 25.7 Å². The zero-order chi connectivity index (χ0) is 15.5. The van der Waals surface area contributed by atoms with Crippen LogP contribution in [-0.2, 0) is 4.79 Å². The van der Waals surface area contributed by atoms with Crippen molar-refractivity contribution in [3.8, 4) is 0 Å². The van der Waals surface area contributed by atoms with E-state index in [1.54, 1.807) is 6.92 Å². The van der Waals surface area contributed by atoms with E-state index in [1.165, 1.54) is 4.90 Å². The molecule has 120 valence electrons. The molecule has 1 amide bonds. The molecule has 0 aromatic carbocycles. The average Bonchev–Trinajstić information content (AvgIpc) is 2.95. The van der Waals surface area contributed by atoms with Crippen LogP contribution in [-0.4, -0.2) is 34.2 Å². The van der Waals surface area contributed by atoms with Gasteiger partial charge in [-0.15, -0.1) is 0 Å². The second-order valence-electron chi connectivity index (χ2n) is 7.02. The van der Waals surface area contributed by atoms with E-state index in [9.17, 15) is 18.0 Å². The lowest BCUT2D eigenvalue weighted by molar-refractivity contribution is -0.204. The van der Waals surface area contributed by atoms with Gasteiger partial charge in [-0.25, -0.2) is 0 Å². The van der Waals surface area contributed by atoms with Crippen molar-refractivity contribution in [2.75, 3.05) is 0 Å². The Labute approximate surface area is 123 Å². The van der Waals surface area contributed by atoms with Gasteiger partial charge in [0.05, 0.1) is 11.7 Å². The zero-order valence-electron chi connectivity index (χ0n) is 12.6. The molecule has 2 atom stereocenters. The number of nitrogens with one attached hydrogen (secondary N) is 1. The summed E-state index contributed by atoms with van der Waals surface area (Å²) in [6.07, 6.45) is -0.252. The molecule has 3 nitrogen and oxygen atoms in total. The lowest BCUT2D eigenvalue weighted by Gasteiger charge is -2.37. The van der Waals surface area contributed by atoms with Crippen molar-refractivity contribution in [3.63, 3.8) is 0 Å². The predicted octanol–water partition coefficient (Wildman–Crippen LogP) is 3.20. The third-order valence-corrected chi connectivity index (χ3v) is 5.70. The Morgan fingerprint density at radius 2 is 1.86 bits per heavy atom. The van der Waals surface area contributed by atoms with Gasteiger partial charge in [0.25, 0.3) is 0 Å². The predicted molar refractivity (Wildman–Crippen MR) is 72.4 cm³/mol. The lowest BCUT2D eigenvalue weighted by Crippen LogP contribution is -2.56. The van der Waals surface area contributed by atoms with Crippen LogP contribution in [0.15, 0.2) is 0 Å². The number of hydrogen-bond donors (Lipinski definition) is 1. The summed E-state index contributed by atoms with van der Waals surface area (Å²) in [5, 5.41) is 3.25. The maximum absolute atomic E-state index is 13.5. The van der Waals surface area contributed by atoms with Crippen molar-refractivity contribution in [1.29, 1.82) is 0 Å². The fourth-order valence-corrected chi connectivity index (χ4v) is 3.94. The first-order chi connectivity index (χ1) is 9.75. The molecule has 3 fully saturated rings. The third kappa shape index (κ3) is 2.09. The number of hydrogen-bond acceptors (Lipinski definition) is 2. The molecule has 0 aromatic rings. The smallest absolute Gasteiger partial charge is 0.310 e. The second-order valence-corrected chi connectivity index (χ2v) is 7.02. The highest BCUT2D eigenvalue weighted by Crippen LogP contribution is 2.57. The van der Waals surface area contributed by atoms with Gasteiger partial charge in [0.2, 0.25) is 5.91 Å². The largest absolute Gasteiger partial charge is 0.411 e. The Kier molecular flexibility index (Phi) is 3.32. The minimum atomic E-state index is -4.33. The topological polar surface area (TPSA) is 32.3 Å². The van der Waals surface area contributed by atoms with Gasteiger partial charge in [-0.2, -0.15) is 13.2 Å². The van der Waals surface area contributed by atoms with E-state index >= 15 is 0 Å². The summed E-state index contributed by atoms with van der Waals surface area (Å²) >= 11 is 0. The summed E-state index contributed by atoms with van der Waals surface area (Å²) < 4.78 is 40.5. The summed E-state index contributed by atoms with van der Waals surface area (Å²) in [6, 6.07) is 0. The number of halogens is 3. The van der Waals surface area contributed by atoms with E-state index in [2.05, 4.69) is 5.32 Å². The molecule has 21 heavy (non-hydrogen) atoms. The molecule has 0 spiro atoms. The molecule has 1 heterocycles. The highest BCUT2D eigenvalue weighted by Gasteiger charge is 2.72. The minimum absolute atomic E-state index is 0.0485. The molecule has 2 saturated carbocycles. The highest BCUT2D eigenvalue weighted by molar-refractivity contribution is 5.89. The van der Waals surface area contributed by atoms with Crippen LogP contribution in [0, 0.1) is 5.92 Å². The molecule has 1 N–H and O–H groups in total. The first-order valence-electron chi connectivity index (χ1n) is 7.93. The fraction of sp³-hybridized carbons (Fsp3) is 0.933. The number of nitrogens with zero attached hydrogens (tertiary/aromatic N) is 1. The van der Waals surface area contributed by atoms with Gasteiger partial charge in [0, 0.05) is 0 Å². The van der Waals surface area contributed by atoms with Crippen molar-refractivity contribution in [2.45, 2.75) is 82.2 Å².